The second-order valence-corrected chi connectivity index (χ2v) is 5.81. The summed E-state index contributed by atoms with van der Waals surface area (Å²) in [5.74, 6) is -0.343. The number of pyridine rings is 1. The van der Waals surface area contributed by atoms with Crippen LogP contribution in [-0.2, 0) is 11.2 Å². The van der Waals surface area contributed by atoms with Gasteiger partial charge in [-0.25, -0.2) is 4.98 Å². The Balaban J connectivity index is 2.01. The van der Waals surface area contributed by atoms with Crippen LogP contribution in [0.5, 0.6) is 0 Å². The zero-order valence-electron chi connectivity index (χ0n) is 12.4. The molecule has 0 unspecified atom stereocenters. The van der Waals surface area contributed by atoms with E-state index >= 15 is 0 Å². The van der Waals surface area contributed by atoms with Crippen LogP contribution in [0, 0.1) is 0 Å². The second-order valence-electron chi connectivity index (χ2n) is 5.42. The van der Waals surface area contributed by atoms with E-state index in [1.807, 2.05) is 6.92 Å². The number of amides is 2. The standard InChI is InChI=1S/C15H20ClN3O2/c1-3-4-12-7-10(8-13(16)17-12)15(21)19(2)9-14(20)18-11-5-6-11/h7-8,11H,3-6,9H2,1-2H3,(H,18,20). The summed E-state index contributed by atoms with van der Waals surface area (Å²) in [6.45, 7) is 2.09. The zero-order valence-corrected chi connectivity index (χ0v) is 13.1. The van der Waals surface area contributed by atoms with Crippen LogP contribution in [0.2, 0.25) is 5.15 Å². The predicted molar refractivity (Wildman–Crippen MR) is 81.4 cm³/mol. The van der Waals surface area contributed by atoms with Crippen molar-refractivity contribution in [3.05, 3.63) is 28.5 Å². The third-order valence-electron chi connectivity index (χ3n) is 3.27. The van der Waals surface area contributed by atoms with E-state index in [1.54, 1.807) is 19.2 Å². The number of halogens is 1. The molecule has 114 valence electrons. The van der Waals surface area contributed by atoms with Gasteiger partial charge in [-0.3, -0.25) is 9.59 Å². The number of nitrogens with zero attached hydrogens (tertiary/aromatic N) is 2. The van der Waals surface area contributed by atoms with E-state index in [0.717, 1.165) is 31.4 Å². The maximum atomic E-state index is 12.3. The molecule has 21 heavy (non-hydrogen) atoms. The molecule has 1 fully saturated rings. The van der Waals surface area contributed by atoms with Gasteiger partial charge in [-0.15, -0.1) is 0 Å². The van der Waals surface area contributed by atoms with Gasteiger partial charge in [-0.2, -0.15) is 0 Å². The lowest BCUT2D eigenvalue weighted by molar-refractivity contribution is -0.121. The van der Waals surface area contributed by atoms with Crippen molar-refractivity contribution in [1.82, 2.24) is 15.2 Å². The number of aryl methyl sites for hydroxylation is 1. The highest BCUT2D eigenvalue weighted by atomic mass is 35.5. The summed E-state index contributed by atoms with van der Waals surface area (Å²) in [4.78, 5) is 29.7. The van der Waals surface area contributed by atoms with Gasteiger partial charge in [0.05, 0.1) is 6.54 Å². The van der Waals surface area contributed by atoms with Gasteiger partial charge in [0.15, 0.2) is 0 Å². The minimum atomic E-state index is -0.220. The van der Waals surface area contributed by atoms with Crippen LogP contribution in [-0.4, -0.2) is 41.3 Å². The zero-order chi connectivity index (χ0) is 15.4. The lowest BCUT2D eigenvalue weighted by atomic mass is 10.1. The molecular weight excluding hydrogens is 290 g/mol. The van der Waals surface area contributed by atoms with Gasteiger partial charge in [0, 0.05) is 24.3 Å². The predicted octanol–water partition coefficient (Wildman–Crippen LogP) is 2.04. The summed E-state index contributed by atoms with van der Waals surface area (Å²) >= 11 is 5.96. The third kappa shape index (κ3) is 4.70. The molecule has 6 heteroatoms. The first-order chi connectivity index (χ1) is 9.99. The van der Waals surface area contributed by atoms with Crippen LogP contribution in [0.3, 0.4) is 0 Å². The van der Waals surface area contributed by atoms with E-state index in [4.69, 9.17) is 11.6 Å². The summed E-state index contributed by atoms with van der Waals surface area (Å²) in [5.41, 5.74) is 1.27. The highest BCUT2D eigenvalue weighted by molar-refractivity contribution is 6.29. The quantitative estimate of drug-likeness (QED) is 0.818. The third-order valence-corrected chi connectivity index (χ3v) is 3.46. The largest absolute Gasteiger partial charge is 0.352 e. The summed E-state index contributed by atoms with van der Waals surface area (Å²) < 4.78 is 0. The first kappa shape index (κ1) is 15.8. The Morgan fingerprint density at radius 2 is 2.14 bits per heavy atom. The lowest BCUT2D eigenvalue weighted by Crippen LogP contribution is -2.39. The highest BCUT2D eigenvalue weighted by Gasteiger charge is 2.24. The lowest BCUT2D eigenvalue weighted by Gasteiger charge is -2.17. The average Bonchev–Trinajstić information content (AvgIpc) is 3.21. The summed E-state index contributed by atoms with van der Waals surface area (Å²) in [6.07, 6.45) is 3.76. The molecular formula is C15H20ClN3O2. The van der Waals surface area contributed by atoms with E-state index in [9.17, 15) is 9.59 Å². The minimum Gasteiger partial charge on any atom is -0.352 e. The van der Waals surface area contributed by atoms with Crippen molar-refractivity contribution in [3.8, 4) is 0 Å². The maximum absolute atomic E-state index is 12.3. The monoisotopic (exact) mass is 309 g/mol. The van der Waals surface area contributed by atoms with Crippen LogP contribution in [0.15, 0.2) is 12.1 Å². The van der Waals surface area contributed by atoms with Gasteiger partial charge in [0.25, 0.3) is 5.91 Å². The van der Waals surface area contributed by atoms with Crippen LogP contribution in [0.25, 0.3) is 0 Å². The van der Waals surface area contributed by atoms with Crippen molar-refractivity contribution in [2.45, 2.75) is 38.6 Å². The van der Waals surface area contributed by atoms with Gasteiger partial charge in [-0.1, -0.05) is 24.9 Å². The molecule has 1 aromatic heterocycles. The van der Waals surface area contributed by atoms with Crippen LogP contribution < -0.4 is 5.32 Å². The number of carbonyl (C=O) groups is 2. The number of likely N-dealkylation sites (N-methyl/N-ethyl adjacent to an activating group) is 1. The van der Waals surface area contributed by atoms with Crippen molar-refractivity contribution in [2.24, 2.45) is 0 Å². The van der Waals surface area contributed by atoms with Crippen molar-refractivity contribution in [2.75, 3.05) is 13.6 Å². The van der Waals surface area contributed by atoms with Crippen LogP contribution in [0.4, 0.5) is 0 Å². The summed E-state index contributed by atoms with van der Waals surface area (Å²) in [6, 6.07) is 3.58. The molecule has 5 nitrogen and oxygen atoms in total. The fourth-order valence-corrected chi connectivity index (χ4v) is 2.29. The van der Waals surface area contributed by atoms with Crippen molar-refractivity contribution in [3.63, 3.8) is 0 Å². The molecule has 1 heterocycles. The highest BCUT2D eigenvalue weighted by Crippen LogP contribution is 2.18. The molecule has 0 saturated heterocycles. The molecule has 0 bridgehead atoms. The number of rotatable bonds is 6. The Labute approximate surface area is 129 Å². The number of nitrogens with one attached hydrogen (secondary N) is 1. The minimum absolute atomic E-state index is 0.0540. The summed E-state index contributed by atoms with van der Waals surface area (Å²) in [5, 5.41) is 3.17. The fraction of sp³-hybridized carbons (Fsp3) is 0.533. The first-order valence-corrected chi connectivity index (χ1v) is 7.58. The van der Waals surface area contributed by atoms with Crippen LogP contribution in [0.1, 0.15) is 42.2 Å². The van der Waals surface area contributed by atoms with Crippen LogP contribution >= 0.6 is 11.6 Å². The van der Waals surface area contributed by atoms with Crippen molar-refractivity contribution < 1.29 is 9.59 Å². The number of hydrogen-bond donors (Lipinski definition) is 1. The molecule has 1 aliphatic carbocycles. The molecule has 1 aliphatic rings. The maximum Gasteiger partial charge on any atom is 0.254 e. The van der Waals surface area contributed by atoms with E-state index < -0.39 is 0 Å². The van der Waals surface area contributed by atoms with Gasteiger partial charge >= 0.3 is 0 Å². The second kappa shape index (κ2) is 6.89. The van der Waals surface area contributed by atoms with Gasteiger partial charge in [0.2, 0.25) is 5.91 Å². The normalized spacial score (nSPS) is 13.9. The molecule has 2 rings (SSSR count). The fourth-order valence-electron chi connectivity index (χ4n) is 2.07. The smallest absolute Gasteiger partial charge is 0.254 e. The number of hydrogen-bond acceptors (Lipinski definition) is 3. The number of aromatic nitrogens is 1. The molecule has 1 N–H and O–H groups in total. The molecule has 1 aromatic rings. The molecule has 0 radical (unpaired) electrons. The van der Waals surface area contributed by atoms with Crippen molar-refractivity contribution in [1.29, 1.82) is 0 Å². The molecule has 0 atom stereocenters. The number of carbonyl (C=O) groups excluding carboxylic acids is 2. The SMILES string of the molecule is CCCc1cc(C(=O)N(C)CC(=O)NC2CC2)cc(Cl)n1. The molecule has 0 aliphatic heterocycles. The molecule has 0 spiro atoms. The Morgan fingerprint density at radius 3 is 2.76 bits per heavy atom. The van der Waals surface area contributed by atoms with Gasteiger partial charge in [-0.05, 0) is 31.4 Å². The first-order valence-electron chi connectivity index (χ1n) is 7.21. The molecule has 2 amide bonds. The Hall–Kier alpha value is -1.62. The Kier molecular flexibility index (Phi) is 5.17. The molecule has 0 aromatic carbocycles. The Bertz CT molecular complexity index is 544. The summed E-state index contributed by atoms with van der Waals surface area (Å²) in [7, 11) is 1.61. The topological polar surface area (TPSA) is 62.3 Å². The molecule has 1 saturated carbocycles. The van der Waals surface area contributed by atoms with E-state index in [-0.39, 0.29) is 18.4 Å². The van der Waals surface area contributed by atoms with E-state index in [1.165, 1.54) is 4.90 Å². The average molecular weight is 310 g/mol. The van der Waals surface area contributed by atoms with Crippen molar-refractivity contribution >= 4 is 23.4 Å². The van der Waals surface area contributed by atoms with Gasteiger partial charge in [0.1, 0.15) is 5.15 Å². The van der Waals surface area contributed by atoms with E-state index in [2.05, 4.69) is 10.3 Å². The van der Waals surface area contributed by atoms with Gasteiger partial charge < -0.3 is 10.2 Å². The Morgan fingerprint density at radius 1 is 1.43 bits per heavy atom. The van der Waals surface area contributed by atoms with E-state index in [0.29, 0.717) is 16.8 Å².